The topological polar surface area (TPSA) is 89.5 Å². The van der Waals surface area contributed by atoms with Gasteiger partial charge < -0.3 is 4.74 Å². The zero-order valence-corrected chi connectivity index (χ0v) is 12.3. The van der Waals surface area contributed by atoms with Crippen molar-refractivity contribution in [1.29, 1.82) is 0 Å². The van der Waals surface area contributed by atoms with E-state index in [1.807, 2.05) is 4.72 Å². The van der Waals surface area contributed by atoms with Gasteiger partial charge in [0.2, 0.25) is 0 Å². The molecule has 108 valence electrons. The molecule has 1 amide bonds. The lowest BCUT2D eigenvalue weighted by atomic mass is 10.2. The molecule has 0 saturated heterocycles. The van der Waals surface area contributed by atoms with Gasteiger partial charge in [-0.25, -0.2) is 17.9 Å². The van der Waals surface area contributed by atoms with Crippen LogP contribution < -0.4 is 4.72 Å². The molecule has 0 bridgehead atoms. The lowest BCUT2D eigenvalue weighted by Gasteiger charge is -2.09. The molecule has 0 aromatic heterocycles. The standard InChI is InChI=1S/C12H13NO5S2/c1-3-8-19-12(15)13-20(16,17)10-7-5-4-6-9(10)11(14)18-2/h3-7H,1,8H2,2H3,(H,13,15). The third kappa shape index (κ3) is 4.10. The maximum atomic E-state index is 12.1. The number of sulfonamides is 1. The highest BCUT2D eigenvalue weighted by Gasteiger charge is 2.24. The van der Waals surface area contributed by atoms with Crippen LogP contribution in [-0.2, 0) is 14.8 Å². The number of rotatable bonds is 5. The number of hydrogen-bond acceptors (Lipinski definition) is 6. The molecule has 1 aromatic rings. The predicted molar refractivity (Wildman–Crippen MR) is 76.2 cm³/mol. The largest absolute Gasteiger partial charge is 0.465 e. The van der Waals surface area contributed by atoms with Crippen molar-refractivity contribution in [3.63, 3.8) is 0 Å². The Balaban J connectivity index is 3.07. The van der Waals surface area contributed by atoms with E-state index in [0.717, 1.165) is 18.9 Å². The van der Waals surface area contributed by atoms with Crippen molar-refractivity contribution in [1.82, 2.24) is 4.72 Å². The zero-order chi connectivity index (χ0) is 15.2. The first kappa shape index (κ1) is 16.3. The second kappa shape index (κ2) is 7.11. The lowest BCUT2D eigenvalue weighted by Crippen LogP contribution is -2.29. The van der Waals surface area contributed by atoms with Crippen molar-refractivity contribution in [2.45, 2.75) is 4.90 Å². The number of carbonyl (C=O) groups is 2. The van der Waals surface area contributed by atoms with E-state index in [4.69, 9.17) is 0 Å². The molecule has 0 atom stereocenters. The smallest absolute Gasteiger partial charge is 0.339 e. The predicted octanol–water partition coefficient (Wildman–Crippen LogP) is 1.79. The number of hydrogen-bond donors (Lipinski definition) is 1. The molecule has 0 radical (unpaired) electrons. The van der Waals surface area contributed by atoms with Gasteiger partial charge >= 0.3 is 5.97 Å². The fraction of sp³-hybridized carbons (Fsp3) is 0.167. The molecule has 8 heteroatoms. The Hall–Kier alpha value is -1.80. The molecule has 0 heterocycles. The number of methoxy groups -OCH3 is 1. The summed E-state index contributed by atoms with van der Waals surface area (Å²) < 4.78 is 30.5. The molecule has 0 spiro atoms. The van der Waals surface area contributed by atoms with E-state index < -0.39 is 21.2 Å². The van der Waals surface area contributed by atoms with Crippen LogP contribution in [0.1, 0.15) is 10.4 Å². The summed E-state index contributed by atoms with van der Waals surface area (Å²) in [6.45, 7) is 3.42. The molecule has 6 nitrogen and oxygen atoms in total. The van der Waals surface area contributed by atoms with Crippen LogP contribution in [0, 0.1) is 0 Å². The van der Waals surface area contributed by atoms with E-state index in [-0.39, 0.29) is 16.2 Å². The monoisotopic (exact) mass is 315 g/mol. The summed E-state index contributed by atoms with van der Waals surface area (Å²) in [4.78, 5) is 22.7. The summed E-state index contributed by atoms with van der Waals surface area (Å²) in [7, 11) is -2.99. The highest BCUT2D eigenvalue weighted by atomic mass is 32.2. The van der Waals surface area contributed by atoms with Crippen LogP contribution in [0.15, 0.2) is 41.8 Å². The van der Waals surface area contributed by atoms with Crippen LogP contribution in [0.2, 0.25) is 0 Å². The van der Waals surface area contributed by atoms with Crippen molar-refractivity contribution in [3.05, 3.63) is 42.5 Å². The number of thioether (sulfide) groups is 1. The average Bonchev–Trinajstić information content (AvgIpc) is 2.43. The van der Waals surface area contributed by atoms with Crippen LogP contribution in [0.5, 0.6) is 0 Å². The number of nitrogens with one attached hydrogen (secondary N) is 1. The number of benzene rings is 1. The normalized spacial score (nSPS) is 10.7. The van der Waals surface area contributed by atoms with E-state index >= 15 is 0 Å². The molecule has 0 saturated carbocycles. The molecule has 1 rings (SSSR count). The molecule has 0 aliphatic carbocycles. The first-order chi connectivity index (χ1) is 9.42. The Morgan fingerprint density at radius 1 is 1.40 bits per heavy atom. The van der Waals surface area contributed by atoms with Gasteiger partial charge in [-0.05, 0) is 12.1 Å². The van der Waals surface area contributed by atoms with Crippen LogP contribution >= 0.6 is 11.8 Å². The highest BCUT2D eigenvalue weighted by molar-refractivity contribution is 8.14. The molecule has 0 aliphatic heterocycles. The Bertz CT molecular complexity index is 624. The first-order valence-corrected chi connectivity index (χ1v) is 7.87. The van der Waals surface area contributed by atoms with E-state index in [1.165, 1.54) is 30.3 Å². The first-order valence-electron chi connectivity index (χ1n) is 5.40. The summed E-state index contributed by atoms with van der Waals surface area (Å²) in [5.41, 5.74) is -0.135. The van der Waals surface area contributed by atoms with E-state index in [0.29, 0.717) is 0 Å². The Labute approximate surface area is 121 Å². The molecular formula is C12H13NO5S2. The second-order valence-corrected chi connectivity index (χ2v) is 6.12. The van der Waals surface area contributed by atoms with Gasteiger partial charge in [0.15, 0.2) is 0 Å². The third-order valence-corrected chi connectivity index (χ3v) is 4.42. The van der Waals surface area contributed by atoms with Crippen LogP contribution in [0.4, 0.5) is 4.79 Å². The molecule has 0 unspecified atom stereocenters. The fourth-order valence-corrected chi connectivity index (χ4v) is 3.17. The van der Waals surface area contributed by atoms with Gasteiger partial charge in [0.1, 0.15) is 4.90 Å². The Morgan fingerprint density at radius 3 is 2.65 bits per heavy atom. The quantitative estimate of drug-likeness (QED) is 0.658. The third-order valence-electron chi connectivity index (χ3n) is 2.13. The highest BCUT2D eigenvalue weighted by Crippen LogP contribution is 2.17. The summed E-state index contributed by atoms with van der Waals surface area (Å²) >= 11 is 0.755. The lowest BCUT2D eigenvalue weighted by molar-refractivity contribution is 0.0596. The van der Waals surface area contributed by atoms with Crippen molar-refractivity contribution in [3.8, 4) is 0 Å². The summed E-state index contributed by atoms with van der Waals surface area (Å²) in [5, 5.41) is -0.746. The minimum atomic E-state index is -4.13. The van der Waals surface area contributed by atoms with Gasteiger partial charge in [0.05, 0.1) is 12.7 Å². The van der Waals surface area contributed by atoms with E-state index in [9.17, 15) is 18.0 Å². The maximum absolute atomic E-state index is 12.1. The van der Waals surface area contributed by atoms with Crippen molar-refractivity contribution >= 4 is 33.0 Å². The molecule has 0 fully saturated rings. The minimum Gasteiger partial charge on any atom is -0.465 e. The molecular weight excluding hydrogens is 302 g/mol. The van der Waals surface area contributed by atoms with Gasteiger partial charge in [0, 0.05) is 5.75 Å². The van der Waals surface area contributed by atoms with Gasteiger partial charge in [-0.2, -0.15) is 0 Å². The number of esters is 1. The minimum absolute atomic E-state index is 0.135. The van der Waals surface area contributed by atoms with Crippen LogP contribution in [0.25, 0.3) is 0 Å². The Kier molecular flexibility index (Phi) is 5.78. The van der Waals surface area contributed by atoms with Gasteiger partial charge in [0.25, 0.3) is 15.3 Å². The average molecular weight is 315 g/mol. The molecule has 0 aliphatic rings. The summed E-state index contributed by atoms with van der Waals surface area (Å²) in [5.74, 6) is -0.517. The zero-order valence-electron chi connectivity index (χ0n) is 10.7. The van der Waals surface area contributed by atoms with Crippen molar-refractivity contribution < 1.29 is 22.7 Å². The summed E-state index contributed by atoms with van der Waals surface area (Å²) in [6.07, 6.45) is 1.47. The molecule has 1 N–H and O–H groups in total. The van der Waals surface area contributed by atoms with E-state index in [2.05, 4.69) is 11.3 Å². The van der Waals surface area contributed by atoms with Crippen molar-refractivity contribution in [2.24, 2.45) is 0 Å². The second-order valence-electron chi connectivity index (χ2n) is 3.48. The number of amides is 1. The van der Waals surface area contributed by atoms with E-state index in [1.54, 1.807) is 0 Å². The van der Waals surface area contributed by atoms with Gasteiger partial charge in [-0.3, -0.25) is 4.79 Å². The summed E-state index contributed by atoms with van der Waals surface area (Å²) in [6, 6.07) is 5.48. The van der Waals surface area contributed by atoms with Crippen LogP contribution in [0.3, 0.4) is 0 Å². The van der Waals surface area contributed by atoms with Gasteiger partial charge in [-0.15, -0.1) is 6.58 Å². The number of carbonyl (C=O) groups excluding carboxylic acids is 2. The maximum Gasteiger partial charge on any atom is 0.339 e. The number of ether oxygens (including phenoxy) is 1. The molecule has 20 heavy (non-hydrogen) atoms. The molecule has 1 aromatic carbocycles. The fourth-order valence-electron chi connectivity index (χ4n) is 1.31. The van der Waals surface area contributed by atoms with Crippen molar-refractivity contribution in [2.75, 3.05) is 12.9 Å². The van der Waals surface area contributed by atoms with Gasteiger partial charge in [-0.1, -0.05) is 30.0 Å². The Morgan fingerprint density at radius 2 is 2.05 bits per heavy atom. The van der Waals surface area contributed by atoms with Crippen LogP contribution in [-0.4, -0.2) is 32.5 Å². The SMILES string of the molecule is C=CCSC(=O)NS(=O)(=O)c1ccccc1C(=O)OC.